The van der Waals surface area contributed by atoms with E-state index in [9.17, 15) is 23.6 Å². The van der Waals surface area contributed by atoms with E-state index in [1.807, 2.05) is 19.1 Å². The highest BCUT2D eigenvalue weighted by molar-refractivity contribution is 7.16. The fourth-order valence-electron chi connectivity index (χ4n) is 6.55. The predicted molar refractivity (Wildman–Crippen MR) is 191 cm³/mol. The Morgan fingerprint density at radius 3 is 2.78 bits per heavy atom. The van der Waals surface area contributed by atoms with Crippen LogP contribution in [0, 0.1) is 12.7 Å². The van der Waals surface area contributed by atoms with Gasteiger partial charge in [0.1, 0.15) is 12.6 Å². The SMILES string of the molecule is Cc1sc(NC(=O)Cc2ccc(F)c(OCCOCCNc3ccc4c(c3)CN(C3CCC(=O)NC3=O)C4=O)c2)nc1-c1ccc2c(c1)CCN2. The Labute approximate surface area is 297 Å². The molecule has 0 aliphatic carbocycles. The number of nitrogens with zero attached hydrogens (tertiary/aromatic N) is 2. The first-order chi connectivity index (χ1) is 24.7. The van der Waals surface area contributed by atoms with Crippen molar-refractivity contribution in [2.24, 2.45) is 0 Å². The van der Waals surface area contributed by atoms with Crippen molar-refractivity contribution in [2.75, 3.05) is 48.9 Å². The Kier molecular flexibility index (Phi) is 9.95. The van der Waals surface area contributed by atoms with Crippen molar-refractivity contribution in [1.29, 1.82) is 0 Å². The van der Waals surface area contributed by atoms with Crippen LogP contribution in [0.4, 0.5) is 20.9 Å². The Bertz CT molecular complexity index is 2020. The van der Waals surface area contributed by atoms with E-state index in [0.717, 1.165) is 46.0 Å². The van der Waals surface area contributed by atoms with Crippen molar-refractivity contribution >= 4 is 51.5 Å². The van der Waals surface area contributed by atoms with E-state index in [4.69, 9.17) is 9.47 Å². The number of anilines is 3. The van der Waals surface area contributed by atoms with E-state index in [0.29, 0.717) is 42.4 Å². The lowest BCUT2D eigenvalue weighted by Crippen LogP contribution is -2.52. The van der Waals surface area contributed by atoms with Gasteiger partial charge in [0.25, 0.3) is 5.91 Å². The van der Waals surface area contributed by atoms with Crippen molar-refractivity contribution in [3.8, 4) is 17.0 Å². The van der Waals surface area contributed by atoms with Gasteiger partial charge in [-0.1, -0.05) is 12.1 Å². The number of rotatable bonds is 13. The predicted octanol–water partition coefficient (Wildman–Crippen LogP) is 4.68. The molecule has 0 spiro atoms. The highest BCUT2D eigenvalue weighted by Crippen LogP contribution is 2.34. The number of thiazole rings is 1. The summed E-state index contributed by atoms with van der Waals surface area (Å²) in [6.45, 7) is 4.38. The van der Waals surface area contributed by atoms with Crippen molar-refractivity contribution < 1.29 is 33.0 Å². The Hall–Kier alpha value is -5.34. The number of benzene rings is 3. The summed E-state index contributed by atoms with van der Waals surface area (Å²) in [5, 5.41) is 12.3. The molecule has 14 heteroatoms. The first-order valence-electron chi connectivity index (χ1n) is 16.9. The second kappa shape index (κ2) is 14.9. The maximum absolute atomic E-state index is 14.5. The molecule has 1 aromatic heterocycles. The van der Waals surface area contributed by atoms with Gasteiger partial charge in [0, 0.05) is 53.4 Å². The first kappa shape index (κ1) is 34.1. The van der Waals surface area contributed by atoms with Gasteiger partial charge in [-0.25, -0.2) is 9.37 Å². The van der Waals surface area contributed by atoms with Gasteiger partial charge in [-0.3, -0.25) is 24.5 Å². The number of piperidine rings is 1. The molecule has 1 unspecified atom stereocenters. The molecule has 51 heavy (non-hydrogen) atoms. The normalized spacial score (nSPS) is 16.4. The second-order valence-corrected chi connectivity index (χ2v) is 13.8. The minimum atomic E-state index is -0.656. The topological polar surface area (TPSA) is 151 Å². The maximum Gasteiger partial charge on any atom is 0.255 e. The zero-order valence-corrected chi connectivity index (χ0v) is 28.8. The van der Waals surface area contributed by atoms with Crippen molar-refractivity contribution in [3.63, 3.8) is 0 Å². The average Bonchev–Trinajstić information content (AvgIpc) is 3.81. The lowest BCUT2D eigenvalue weighted by Gasteiger charge is -2.29. The van der Waals surface area contributed by atoms with Crippen LogP contribution in [-0.4, -0.2) is 72.5 Å². The molecular formula is C37H37FN6O6S. The number of carbonyl (C=O) groups excluding carboxylic acids is 4. The molecule has 264 valence electrons. The third-order valence-corrected chi connectivity index (χ3v) is 9.96. The molecule has 3 aromatic carbocycles. The van der Waals surface area contributed by atoms with E-state index >= 15 is 0 Å². The smallest absolute Gasteiger partial charge is 0.255 e. The molecule has 0 bridgehead atoms. The van der Waals surface area contributed by atoms with Crippen molar-refractivity contribution in [3.05, 3.63) is 87.5 Å². The molecule has 4 heterocycles. The fourth-order valence-corrected chi connectivity index (χ4v) is 7.40. The Morgan fingerprint density at radius 2 is 1.92 bits per heavy atom. The van der Waals surface area contributed by atoms with Crippen LogP contribution >= 0.6 is 11.3 Å². The molecule has 1 atom stereocenters. The lowest BCUT2D eigenvalue weighted by atomic mass is 10.0. The van der Waals surface area contributed by atoms with Gasteiger partial charge in [0.2, 0.25) is 17.7 Å². The molecule has 4 amide bonds. The van der Waals surface area contributed by atoms with E-state index < -0.39 is 17.8 Å². The highest BCUT2D eigenvalue weighted by Gasteiger charge is 2.39. The van der Waals surface area contributed by atoms with Gasteiger partial charge in [-0.2, -0.15) is 0 Å². The van der Waals surface area contributed by atoms with Gasteiger partial charge >= 0.3 is 0 Å². The van der Waals surface area contributed by atoms with Gasteiger partial charge < -0.3 is 30.3 Å². The number of aromatic nitrogens is 1. The standard InChI is InChI=1S/C37H37FN6O6S/c1-21-34(24-3-7-29-23(18-24)10-11-40-29)43-37(51-21)42-33(46)17-22-2-6-28(38)31(16-22)50-15-14-49-13-12-39-26-4-5-27-25(19-26)20-44(36(27)48)30-8-9-32(45)41-35(30)47/h2-7,16,18-19,30,39-40H,8-15,17,20H2,1H3,(H,41,45,47)(H,42,43,46). The van der Waals surface area contributed by atoms with Crippen LogP contribution in [0.1, 0.15) is 44.8 Å². The number of imide groups is 1. The average molecular weight is 713 g/mol. The molecule has 4 aromatic rings. The minimum absolute atomic E-state index is 0.0308. The van der Waals surface area contributed by atoms with E-state index in [1.54, 1.807) is 18.2 Å². The quantitative estimate of drug-likeness (QED) is 0.115. The number of fused-ring (bicyclic) bond motifs is 2. The van der Waals surface area contributed by atoms with Crippen LogP contribution in [-0.2, 0) is 38.5 Å². The van der Waals surface area contributed by atoms with E-state index in [-0.39, 0.29) is 49.5 Å². The van der Waals surface area contributed by atoms with E-state index in [1.165, 1.54) is 33.9 Å². The van der Waals surface area contributed by atoms with Gasteiger partial charge in [0.05, 0.1) is 25.3 Å². The summed E-state index contributed by atoms with van der Waals surface area (Å²) in [5.74, 6) is -1.73. The summed E-state index contributed by atoms with van der Waals surface area (Å²) in [4.78, 5) is 56.7. The summed E-state index contributed by atoms with van der Waals surface area (Å²) >= 11 is 1.42. The monoisotopic (exact) mass is 712 g/mol. The minimum Gasteiger partial charge on any atom is -0.488 e. The molecule has 4 N–H and O–H groups in total. The first-order valence-corrected chi connectivity index (χ1v) is 17.7. The number of ether oxygens (including phenoxy) is 2. The summed E-state index contributed by atoms with van der Waals surface area (Å²) in [7, 11) is 0. The van der Waals surface area contributed by atoms with Crippen LogP contribution in [0.3, 0.4) is 0 Å². The number of halogens is 1. The van der Waals surface area contributed by atoms with Crippen molar-refractivity contribution in [2.45, 2.75) is 45.2 Å². The number of aryl methyl sites for hydroxylation is 1. The van der Waals surface area contributed by atoms with Crippen LogP contribution < -0.4 is 26.0 Å². The highest BCUT2D eigenvalue weighted by atomic mass is 32.1. The number of hydrogen-bond acceptors (Lipinski definition) is 10. The van der Waals surface area contributed by atoms with Crippen LogP contribution in [0.15, 0.2) is 54.6 Å². The molecule has 7 rings (SSSR count). The molecule has 1 saturated heterocycles. The third kappa shape index (κ3) is 7.71. The Balaban J connectivity index is 0.833. The van der Waals surface area contributed by atoms with Gasteiger partial charge in [-0.15, -0.1) is 11.3 Å². The van der Waals surface area contributed by atoms with Crippen LogP contribution in [0.25, 0.3) is 11.3 Å². The van der Waals surface area contributed by atoms with Crippen LogP contribution in [0.2, 0.25) is 0 Å². The van der Waals surface area contributed by atoms with E-state index in [2.05, 4.69) is 38.4 Å². The fraction of sp³-hybridized carbons (Fsp3) is 0.324. The number of nitrogens with one attached hydrogen (secondary N) is 4. The largest absolute Gasteiger partial charge is 0.488 e. The number of carbonyl (C=O) groups is 4. The lowest BCUT2D eigenvalue weighted by molar-refractivity contribution is -0.137. The number of amides is 4. The van der Waals surface area contributed by atoms with Gasteiger partial charge in [-0.05, 0) is 78.9 Å². The zero-order valence-electron chi connectivity index (χ0n) is 28.0. The molecule has 3 aliphatic heterocycles. The molecule has 12 nitrogen and oxygen atoms in total. The van der Waals surface area contributed by atoms with Crippen LogP contribution in [0.5, 0.6) is 5.75 Å². The summed E-state index contributed by atoms with van der Waals surface area (Å²) in [5.41, 5.74) is 7.04. The van der Waals surface area contributed by atoms with Gasteiger partial charge in [0.15, 0.2) is 16.7 Å². The summed E-state index contributed by atoms with van der Waals surface area (Å²) in [6.07, 6.45) is 1.53. The zero-order chi connectivity index (χ0) is 35.5. The molecular weight excluding hydrogens is 676 g/mol. The second-order valence-electron chi connectivity index (χ2n) is 12.6. The maximum atomic E-state index is 14.5. The summed E-state index contributed by atoms with van der Waals surface area (Å²) in [6, 6.07) is 15.4. The summed E-state index contributed by atoms with van der Waals surface area (Å²) < 4.78 is 25.8. The third-order valence-electron chi connectivity index (χ3n) is 9.08. The Morgan fingerprint density at radius 1 is 1.04 bits per heavy atom. The molecule has 0 radical (unpaired) electrons. The van der Waals surface area contributed by atoms with Crippen molar-refractivity contribution in [1.82, 2.24) is 15.2 Å². The molecule has 0 saturated carbocycles. The number of hydrogen-bond donors (Lipinski definition) is 4. The molecule has 1 fully saturated rings. The molecule has 3 aliphatic rings.